The Kier molecular flexibility index (Phi) is 3.30. The van der Waals surface area contributed by atoms with Crippen LogP contribution in [-0.4, -0.2) is 11.1 Å². The predicted molar refractivity (Wildman–Crippen MR) is 61.8 cm³/mol. The zero-order valence-electron chi connectivity index (χ0n) is 9.59. The maximum Gasteiger partial charge on any atom is 0.331 e. The summed E-state index contributed by atoms with van der Waals surface area (Å²) in [6.07, 6.45) is 0. The molecule has 0 atom stereocenters. The summed E-state index contributed by atoms with van der Waals surface area (Å²) < 4.78 is 0. The molecule has 0 aliphatic rings. The first kappa shape index (κ1) is 11.5. The largest absolute Gasteiger partial charge is 0.478 e. The van der Waals surface area contributed by atoms with Gasteiger partial charge in [-0.05, 0) is 38.8 Å². The molecule has 1 N–H and O–H groups in total. The normalized spacial score (nSPS) is 12.3. The lowest BCUT2D eigenvalue weighted by molar-refractivity contribution is -0.132. The van der Waals surface area contributed by atoms with Crippen LogP contribution in [-0.2, 0) is 4.79 Å². The van der Waals surface area contributed by atoms with Crippen LogP contribution < -0.4 is 0 Å². The second kappa shape index (κ2) is 4.30. The van der Waals surface area contributed by atoms with Crippen molar-refractivity contribution in [3.05, 3.63) is 40.5 Å². The smallest absolute Gasteiger partial charge is 0.331 e. The molecule has 0 bridgehead atoms. The van der Waals surface area contributed by atoms with Crippen LogP contribution in [0.4, 0.5) is 0 Å². The van der Waals surface area contributed by atoms with Gasteiger partial charge in [0.05, 0.1) is 0 Å². The summed E-state index contributed by atoms with van der Waals surface area (Å²) in [4.78, 5) is 10.8. The third kappa shape index (κ3) is 2.69. The number of aliphatic carboxylic acids is 1. The molecular formula is C13H16O2. The van der Waals surface area contributed by atoms with Crippen molar-refractivity contribution >= 4 is 11.5 Å². The van der Waals surface area contributed by atoms with Crippen molar-refractivity contribution in [3.8, 4) is 0 Å². The first-order chi connectivity index (χ1) is 6.91. The van der Waals surface area contributed by atoms with E-state index in [-0.39, 0.29) is 0 Å². The van der Waals surface area contributed by atoms with Crippen LogP contribution in [0.5, 0.6) is 0 Å². The molecule has 0 radical (unpaired) electrons. The van der Waals surface area contributed by atoms with Gasteiger partial charge in [-0.1, -0.05) is 29.3 Å². The van der Waals surface area contributed by atoms with Gasteiger partial charge in [0.15, 0.2) is 0 Å². The molecule has 1 aromatic carbocycles. The minimum Gasteiger partial charge on any atom is -0.478 e. The fourth-order valence-electron chi connectivity index (χ4n) is 1.57. The fourth-order valence-corrected chi connectivity index (χ4v) is 1.57. The number of allylic oxidation sites excluding steroid dienone is 1. The van der Waals surface area contributed by atoms with Crippen molar-refractivity contribution in [1.82, 2.24) is 0 Å². The van der Waals surface area contributed by atoms with Gasteiger partial charge in [0.1, 0.15) is 0 Å². The SMILES string of the molecule is C/C(C(=O)O)=C(/C)c1cc(C)cc(C)c1. The molecule has 0 aliphatic carbocycles. The van der Waals surface area contributed by atoms with Gasteiger partial charge in [0.2, 0.25) is 0 Å². The van der Waals surface area contributed by atoms with Crippen LogP contribution in [0, 0.1) is 13.8 Å². The number of carboxylic acids is 1. The molecule has 0 unspecified atom stereocenters. The Morgan fingerprint density at radius 2 is 1.53 bits per heavy atom. The van der Waals surface area contributed by atoms with Crippen molar-refractivity contribution in [2.24, 2.45) is 0 Å². The summed E-state index contributed by atoms with van der Waals surface area (Å²) in [5, 5.41) is 8.89. The van der Waals surface area contributed by atoms with E-state index in [2.05, 4.69) is 6.07 Å². The Hall–Kier alpha value is -1.57. The molecule has 1 aromatic rings. The molecule has 0 saturated carbocycles. The average Bonchev–Trinajstić information content (AvgIpc) is 2.13. The lowest BCUT2D eigenvalue weighted by Crippen LogP contribution is -1.99. The Bertz CT molecular complexity index is 408. The highest BCUT2D eigenvalue weighted by molar-refractivity contribution is 5.95. The van der Waals surface area contributed by atoms with E-state index in [0.717, 1.165) is 22.3 Å². The molecule has 80 valence electrons. The zero-order valence-corrected chi connectivity index (χ0v) is 9.59. The minimum absolute atomic E-state index is 0.403. The second-order valence-corrected chi connectivity index (χ2v) is 3.93. The summed E-state index contributed by atoms with van der Waals surface area (Å²) in [5.74, 6) is -0.855. The lowest BCUT2D eigenvalue weighted by atomic mass is 9.98. The monoisotopic (exact) mass is 204 g/mol. The molecule has 2 nitrogen and oxygen atoms in total. The van der Waals surface area contributed by atoms with Crippen LogP contribution in [0.3, 0.4) is 0 Å². The Morgan fingerprint density at radius 3 is 1.93 bits per heavy atom. The molecule has 0 heterocycles. The van der Waals surface area contributed by atoms with E-state index in [1.807, 2.05) is 32.9 Å². The van der Waals surface area contributed by atoms with Crippen LogP contribution >= 0.6 is 0 Å². The molecule has 0 fully saturated rings. The van der Waals surface area contributed by atoms with Crippen molar-refractivity contribution in [2.75, 3.05) is 0 Å². The number of hydrogen-bond donors (Lipinski definition) is 1. The van der Waals surface area contributed by atoms with Gasteiger partial charge in [-0.15, -0.1) is 0 Å². The number of hydrogen-bond acceptors (Lipinski definition) is 1. The number of rotatable bonds is 2. The van der Waals surface area contributed by atoms with Crippen molar-refractivity contribution in [1.29, 1.82) is 0 Å². The van der Waals surface area contributed by atoms with Gasteiger partial charge in [0.25, 0.3) is 0 Å². The van der Waals surface area contributed by atoms with E-state index in [1.165, 1.54) is 0 Å². The van der Waals surface area contributed by atoms with E-state index < -0.39 is 5.97 Å². The van der Waals surface area contributed by atoms with Gasteiger partial charge in [0, 0.05) is 5.57 Å². The number of aryl methyl sites for hydroxylation is 2. The highest BCUT2D eigenvalue weighted by Crippen LogP contribution is 2.20. The summed E-state index contributed by atoms with van der Waals surface area (Å²) in [6.45, 7) is 7.51. The standard InChI is InChI=1S/C13H16O2/c1-8-5-9(2)7-12(6-8)10(3)11(4)13(14)15/h5-7H,1-4H3,(H,14,15)/b11-10+. The zero-order chi connectivity index (χ0) is 11.6. The van der Waals surface area contributed by atoms with Gasteiger partial charge in [-0.3, -0.25) is 0 Å². The first-order valence-corrected chi connectivity index (χ1v) is 4.91. The van der Waals surface area contributed by atoms with Gasteiger partial charge in [-0.25, -0.2) is 4.79 Å². The highest BCUT2D eigenvalue weighted by Gasteiger charge is 2.07. The van der Waals surface area contributed by atoms with E-state index in [4.69, 9.17) is 5.11 Å². The fraction of sp³-hybridized carbons (Fsp3) is 0.308. The van der Waals surface area contributed by atoms with Crippen molar-refractivity contribution in [3.63, 3.8) is 0 Å². The van der Waals surface area contributed by atoms with Crippen LogP contribution in [0.25, 0.3) is 5.57 Å². The van der Waals surface area contributed by atoms with Crippen molar-refractivity contribution < 1.29 is 9.90 Å². The molecule has 0 amide bonds. The Labute approximate surface area is 90.3 Å². The number of carboxylic acid groups (broad SMARTS) is 1. The predicted octanol–water partition coefficient (Wildman–Crippen LogP) is 3.18. The van der Waals surface area contributed by atoms with Crippen LogP contribution in [0.1, 0.15) is 30.5 Å². The first-order valence-electron chi connectivity index (χ1n) is 4.91. The van der Waals surface area contributed by atoms with Gasteiger partial charge >= 0.3 is 5.97 Å². The average molecular weight is 204 g/mol. The maximum atomic E-state index is 10.8. The van der Waals surface area contributed by atoms with E-state index in [9.17, 15) is 4.79 Å². The summed E-state index contributed by atoms with van der Waals surface area (Å²) in [5.41, 5.74) is 4.53. The Balaban J connectivity index is 3.28. The molecular weight excluding hydrogens is 188 g/mol. The third-order valence-electron chi connectivity index (χ3n) is 2.54. The maximum absolute atomic E-state index is 10.8. The molecule has 2 heteroatoms. The van der Waals surface area contributed by atoms with Crippen LogP contribution in [0.2, 0.25) is 0 Å². The molecule has 0 aromatic heterocycles. The molecule has 0 spiro atoms. The molecule has 0 aliphatic heterocycles. The topological polar surface area (TPSA) is 37.3 Å². The quantitative estimate of drug-likeness (QED) is 0.751. The summed E-state index contributed by atoms with van der Waals surface area (Å²) in [7, 11) is 0. The van der Waals surface area contributed by atoms with Crippen molar-refractivity contribution in [2.45, 2.75) is 27.7 Å². The Morgan fingerprint density at radius 1 is 1.07 bits per heavy atom. The number of benzene rings is 1. The molecule has 1 rings (SSSR count). The van der Waals surface area contributed by atoms with E-state index in [0.29, 0.717) is 5.57 Å². The minimum atomic E-state index is -0.855. The number of carbonyl (C=O) groups is 1. The van der Waals surface area contributed by atoms with E-state index in [1.54, 1.807) is 6.92 Å². The third-order valence-corrected chi connectivity index (χ3v) is 2.54. The van der Waals surface area contributed by atoms with E-state index >= 15 is 0 Å². The van der Waals surface area contributed by atoms with Gasteiger partial charge < -0.3 is 5.11 Å². The highest BCUT2D eigenvalue weighted by atomic mass is 16.4. The summed E-state index contributed by atoms with van der Waals surface area (Å²) >= 11 is 0. The second-order valence-electron chi connectivity index (χ2n) is 3.93. The van der Waals surface area contributed by atoms with Crippen LogP contribution in [0.15, 0.2) is 23.8 Å². The molecule has 15 heavy (non-hydrogen) atoms. The molecule has 0 saturated heterocycles. The summed E-state index contributed by atoms with van der Waals surface area (Å²) in [6, 6.07) is 6.09. The lowest BCUT2D eigenvalue weighted by Gasteiger charge is -2.07. The van der Waals surface area contributed by atoms with Gasteiger partial charge in [-0.2, -0.15) is 0 Å².